The summed E-state index contributed by atoms with van der Waals surface area (Å²) < 4.78 is 5.75. The van der Waals surface area contributed by atoms with Gasteiger partial charge in [-0.2, -0.15) is 0 Å². The molecule has 1 saturated carbocycles. The summed E-state index contributed by atoms with van der Waals surface area (Å²) in [6.07, 6.45) is 5.04. The Kier molecular flexibility index (Phi) is 6.80. The van der Waals surface area contributed by atoms with E-state index < -0.39 is 0 Å². The highest BCUT2D eigenvalue weighted by molar-refractivity contribution is 5.89. The second kappa shape index (κ2) is 9.90. The van der Waals surface area contributed by atoms with E-state index in [0.717, 1.165) is 36.9 Å². The quantitative estimate of drug-likeness (QED) is 0.656. The van der Waals surface area contributed by atoms with Gasteiger partial charge in [0.1, 0.15) is 0 Å². The number of carbonyl (C=O) groups excluding carboxylic acids is 1. The van der Waals surface area contributed by atoms with Crippen LogP contribution in [0.1, 0.15) is 42.9 Å². The first-order valence-corrected chi connectivity index (χ1v) is 10.8. The van der Waals surface area contributed by atoms with Gasteiger partial charge in [0.15, 0.2) is 0 Å². The van der Waals surface area contributed by atoms with E-state index >= 15 is 0 Å². The molecule has 1 heterocycles. The molecule has 0 aromatic heterocycles. The Bertz CT molecular complexity index is 786. The van der Waals surface area contributed by atoms with Crippen LogP contribution in [-0.4, -0.2) is 37.2 Å². The van der Waals surface area contributed by atoms with Crippen LogP contribution in [0, 0.1) is 5.92 Å². The number of nitrogens with one attached hydrogen (secondary N) is 2. The minimum atomic E-state index is -0.166. The zero-order chi connectivity index (χ0) is 19.9. The Morgan fingerprint density at radius 3 is 2.62 bits per heavy atom. The summed E-state index contributed by atoms with van der Waals surface area (Å²) >= 11 is 0. The van der Waals surface area contributed by atoms with Gasteiger partial charge in [0.2, 0.25) is 0 Å². The number of hydrogen-bond donors (Lipinski definition) is 2. The van der Waals surface area contributed by atoms with E-state index in [4.69, 9.17) is 4.74 Å². The lowest BCUT2D eigenvalue weighted by Crippen LogP contribution is -2.38. The lowest BCUT2D eigenvalue weighted by Gasteiger charge is -2.28. The molecule has 2 amide bonds. The fraction of sp³-hybridized carbons (Fsp3) is 0.458. The van der Waals surface area contributed by atoms with Crippen LogP contribution in [-0.2, 0) is 11.3 Å². The summed E-state index contributed by atoms with van der Waals surface area (Å²) in [5.74, 6) is 0.759. The van der Waals surface area contributed by atoms with Crippen LogP contribution in [0.3, 0.4) is 0 Å². The predicted octanol–water partition coefficient (Wildman–Crippen LogP) is 4.57. The summed E-state index contributed by atoms with van der Waals surface area (Å²) in [7, 11) is 0. The number of carbonyl (C=O) groups is 1. The molecule has 5 nitrogen and oxygen atoms in total. The van der Waals surface area contributed by atoms with E-state index in [-0.39, 0.29) is 12.1 Å². The minimum Gasteiger partial charge on any atom is -0.376 e. The Labute approximate surface area is 173 Å². The van der Waals surface area contributed by atoms with Crippen molar-refractivity contribution < 1.29 is 9.53 Å². The highest BCUT2D eigenvalue weighted by atomic mass is 16.5. The Hall–Kier alpha value is -2.37. The molecule has 5 heteroatoms. The van der Waals surface area contributed by atoms with Gasteiger partial charge < -0.3 is 15.4 Å². The van der Waals surface area contributed by atoms with Crippen LogP contribution < -0.4 is 10.6 Å². The molecule has 2 aliphatic rings. The molecule has 0 spiro atoms. The minimum absolute atomic E-state index is 0.166. The maximum atomic E-state index is 12.5. The molecular formula is C24H31N3O2. The van der Waals surface area contributed by atoms with E-state index in [1.807, 2.05) is 30.3 Å². The number of nitrogens with zero attached hydrogens (tertiary/aromatic N) is 1. The maximum Gasteiger partial charge on any atom is 0.319 e. The predicted molar refractivity (Wildman–Crippen MR) is 116 cm³/mol. The Balaban J connectivity index is 1.30. The summed E-state index contributed by atoms with van der Waals surface area (Å²) in [6, 6.07) is 18.4. The molecule has 2 N–H and O–H groups in total. The van der Waals surface area contributed by atoms with Crippen LogP contribution in [0.15, 0.2) is 54.6 Å². The molecule has 2 fully saturated rings. The molecule has 1 aliphatic heterocycles. The van der Waals surface area contributed by atoms with Crippen molar-refractivity contribution in [3.63, 3.8) is 0 Å². The summed E-state index contributed by atoms with van der Waals surface area (Å²) in [5.41, 5.74) is 3.14. The van der Waals surface area contributed by atoms with Gasteiger partial charge in [0.05, 0.1) is 12.6 Å². The smallest absolute Gasteiger partial charge is 0.319 e. The van der Waals surface area contributed by atoms with Crippen molar-refractivity contribution in [2.45, 2.75) is 38.3 Å². The zero-order valence-electron chi connectivity index (χ0n) is 17.0. The van der Waals surface area contributed by atoms with Gasteiger partial charge in [0.25, 0.3) is 0 Å². The van der Waals surface area contributed by atoms with E-state index in [2.05, 4.69) is 39.8 Å². The van der Waals surface area contributed by atoms with Crippen molar-refractivity contribution in [2.24, 2.45) is 5.92 Å². The van der Waals surface area contributed by atoms with Gasteiger partial charge in [-0.05, 0) is 68.0 Å². The molecule has 29 heavy (non-hydrogen) atoms. The third-order valence-electron chi connectivity index (χ3n) is 5.73. The van der Waals surface area contributed by atoms with E-state index in [9.17, 15) is 4.79 Å². The molecule has 1 atom stereocenters. The summed E-state index contributed by atoms with van der Waals surface area (Å²) in [6.45, 7) is 4.21. The van der Waals surface area contributed by atoms with Gasteiger partial charge in [-0.1, -0.05) is 42.5 Å². The number of urea groups is 1. The molecule has 2 aromatic carbocycles. The van der Waals surface area contributed by atoms with Crippen molar-refractivity contribution in [3.05, 3.63) is 65.7 Å². The van der Waals surface area contributed by atoms with E-state index in [1.165, 1.54) is 31.2 Å². The maximum absolute atomic E-state index is 12.5. The SMILES string of the molecule is O=C(NCC(c1ccccc1)N1CCCC1)Nc1cccc(COCC2CC2)c1. The van der Waals surface area contributed by atoms with Crippen molar-refractivity contribution in [1.29, 1.82) is 0 Å². The van der Waals surface area contributed by atoms with Crippen LogP contribution in [0.25, 0.3) is 0 Å². The zero-order valence-corrected chi connectivity index (χ0v) is 17.0. The number of anilines is 1. The largest absolute Gasteiger partial charge is 0.376 e. The molecular weight excluding hydrogens is 362 g/mol. The Morgan fingerprint density at radius 2 is 1.86 bits per heavy atom. The average molecular weight is 394 g/mol. The first-order chi connectivity index (χ1) is 14.3. The highest BCUT2D eigenvalue weighted by Crippen LogP contribution is 2.29. The fourth-order valence-corrected chi connectivity index (χ4v) is 3.92. The average Bonchev–Trinajstić information content (AvgIpc) is 3.41. The van der Waals surface area contributed by atoms with Gasteiger partial charge in [-0.3, -0.25) is 4.90 Å². The van der Waals surface area contributed by atoms with Crippen LogP contribution in [0.4, 0.5) is 10.5 Å². The van der Waals surface area contributed by atoms with Crippen molar-refractivity contribution in [3.8, 4) is 0 Å². The van der Waals surface area contributed by atoms with E-state index in [0.29, 0.717) is 13.2 Å². The molecule has 0 bridgehead atoms. The molecule has 154 valence electrons. The lowest BCUT2D eigenvalue weighted by molar-refractivity contribution is 0.111. The fourth-order valence-electron chi connectivity index (χ4n) is 3.92. The monoisotopic (exact) mass is 393 g/mol. The standard InChI is InChI=1S/C24H31N3O2/c28-24(26-22-10-6-7-20(15-22)18-29-17-19-11-12-19)25-16-23(27-13-4-5-14-27)21-8-2-1-3-9-21/h1-3,6-10,15,19,23H,4-5,11-14,16-18H2,(H2,25,26,28). The number of benzene rings is 2. The summed E-state index contributed by atoms with van der Waals surface area (Å²) in [4.78, 5) is 15.0. The van der Waals surface area contributed by atoms with Gasteiger partial charge in [-0.25, -0.2) is 4.79 Å². The Morgan fingerprint density at radius 1 is 1.07 bits per heavy atom. The van der Waals surface area contributed by atoms with Gasteiger partial charge in [-0.15, -0.1) is 0 Å². The first kappa shape index (κ1) is 19.9. The van der Waals surface area contributed by atoms with Crippen LogP contribution >= 0.6 is 0 Å². The third kappa shape index (κ3) is 6.05. The highest BCUT2D eigenvalue weighted by Gasteiger charge is 2.24. The molecule has 1 unspecified atom stereocenters. The number of amides is 2. The molecule has 2 aromatic rings. The molecule has 1 saturated heterocycles. The van der Waals surface area contributed by atoms with Crippen molar-refractivity contribution in [1.82, 2.24) is 10.2 Å². The van der Waals surface area contributed by atoms with Gasteiger partial charge >= 0.3 is 6.03 Å². The molecule has 4 rings (SSSR count). The van der Waals surface area contributed by atoms with Crippen molar-refractivity contribution >= 4 is 11.7 Å². The van der Waals surface area contributed by atoms with Crippen LogP contribution in [0.5, 0.6) is 0 Å². The molecule has 1 aliphatic carbocycles. The normalized spacial score (nSPS) is 17.8. The lowest BCUT2D eigenvalue weighted by atomic mass is 10.1. The second-order valence-electron chi connectivity index (χ2n) is 8.16. The number of ether oxygens (including phenoxy) is 1. The first-order valence-electron chi connectivity index (χ1n) is 10.8. The van der Waals surface area contributed by atoms with E-state index in [1.54, 1.807) is 0 Å². The van der Waals surface area contributed by atoms with Crippen LogP contribution in [0.2, 0.25) is 0 Å². The second-order valence-corrected chi connectivity index (χ2v) is 8.16. The molecule has 0 radical (unpaired) electrons. The van der Waals surface area contributed by atoms with Crippen molar-refractivity contribution in [2.75, 3.05) is 31.6 Å². The third-order valence-corrected chi connectivity index (χ3v) is 5.73. The van der Waals surface area contributed by atoms with Gasteiger partial charge in [0, 0.05) is 18.8 Å². The number of likely N-dealkylation sites (tertiary alicyclic amines) is 1. The summed E-state index contributed by atoms with van der Waals surface area (Å²) in [5, 5.41) is 6.04. The number of rotatable bonds is 9. The number of hydrogen-bond acceptors (Lipinski definition) is 3. The topological polar surface area (TPSA) is 53.6 Å².